The highest BCUT2D eigenvalue weighted by Crippen LogP contribution is 1.88. The molecule has 1 unspecified atom stereocenters. The first kappa shape index (κ1) is 6.27. The molecule has 0 heterocycles. The Morgan fingerprint density at radius 1 is 2.00 bits per heavy atom. The van der Waals surface area contributed by atoms with Crippen molar-refractivity contribution >= 4 is 0 Å². The van der Waals surface area contributed by atoms with Gasteiger partial charge in [-0.2, -0.15) is 0 Å². The van der Waals surface area contributed by atoms with Crippen LogP contribution in [0.2, 0.25) is 0 Å². The second-order valence-corrected chi connectivity index (χ2v) is 1.09. The minimum absolute atomic E-state index is 0.476. The third-order valence-electron chi connectivity index (χ3n) is 0.550. The summed E-state index contributed by atoms with van der Waals surface area (Å²) in [6, 6.07) is 0. The summed E-state index contributed by atoms with van der Waals surface area (Å²) >= 11 is 0. The monoisotopic (exact) mass is 101 g/mol. The number of aliphatic hydroxyl groups is 1. The quantitative estimate of drug-likeness (QED) is 0.315. The van der Waals surface area contributed by atoms with Crippen molar-refractivity contribution in [2.24, 2.45) is 5.11 Å². The van der Waals surface area contributed by atoms with Gasteiger partial charge in [0, 0.05) is 4.91 Å². The fourth-order valence-electron chi connectivity index (χ4n) is 0.141. The van der Waals surface area contributed by atoms with Crippen LogP contribution in [0.3, 0.4) is 0 Å². The molecule has 4 nitrogen and oxygen atoms in total. The van der Waals surface area contributed by atoms with Crippen LogP contribution in [0.15, 0.2) is 5.11 Å². The van der Waals surface area contributed by atoms with Crippen molar-refractivity contribution < 1.29 is 5.11 Å². The van der Waals surface area contributed by atoms with Gasteiger partial charge in [-0.25, -0.2) is 0 Å². The van der Waals surface area contributed by atoms with Crippen LogP contribution in [0.25, 0.3) is 10.4 Å². The van der Waals surface area contributed by atoms with E-state index in [1.54, 1.807) is 6.92 Å². The first-order valence-corrected chi connectivity index (χ1v) is 2.03. The molecule has 7 heavy (non-hydrogen) atoms. The van der Waals surface area contributed by atoms with Crippen LogP contribution in [-0.2, 0) is 0 Å². The Balaban J connectivity index is 3.35. The molecule has 0 aromatic heterocycles. The minimum Gasteiger partial charge on any atom is -0.387 e. The van der Waals surface area contributed by atoms with Gasteiger partial charge in [0.25, 0.3) is 0 Å². The second-order valence-electron chi connectivity index (χ2n) is 1.09. The van der Waals surface area contributed by atoms with Crippen molar-refractivity contribution in [3.05, 3.63) is 10.4 Å². The van der Waals surface area contributed by atoms with Gasteiger partial charge in [0.15, 0.2) is 0 Å². The fourth-order valence-corrected chi connectivity index (χ4v) is 0.141. The molecule has 0 aromatic rings. The number of rotatable bonds is 2. The van der Waals surface area contributed by atoms with Crippen molar-refractivity contribution in [3.63, 3.8) is 0 Å². The van der Waals surface area contributed by atoms with Crippen LogP contribution in [-0.4, -0.2) is 11.3 Å². The van der Waals surface area contributed by atoms with Crippen molar-refractivity contribution in [2.75, 3.05) is 0 Å². The molecule has 0 aromatic carbocycles. The molecule has 0 rings (SSSR count). The Morgan fingerprint density at radius 3 is 2.71 bits per heavy atom. The summed E-state index contributed by atoms with van der Waals surface area (Å²) in [5.41, 5.74) is 7.67. The van der Waals surface area contributed by atoms with Crippen LogP contribution in [0.1, 0.15) is 13.3 Å². The maximum Gasteiger partial charge on any atom is 0.132 e. The molecule has 0 bridgehead atoms. The number of hydrogen-bond donors (Lipinski definition) is 1. The smallest absolute Gasteiger partial charge is 0.132 e. The Labute approximate surface area is 41.4 Å². The molecule has 0 amide bonds. The third-order valence-corrected chi connectivity index (χ3v) is 0.550. The molecule has 40 valence electrons. The first-order chi connectivity index (χ1) is 3.31. The van der Waals surface area contributed by atoms with Crippen molar-refractivity contribution in [3.8, 4) is 0 Å². The second kappa shape index (κ2) is 3.46. The summed E-state index contributed by atoms with van der Waals surface area (Å²) in [5.74, 6) is 0. The summed E-state index contributed by atoms with van der Waals surface area (Å²) < 4.78 is 0. The van der Waals surface area contributed by atoms with Gasteiger partial charge in [0.05, 0.1) is 0 Å². The average molecular weight is 101 g/mol. The molecular formula is C3H7N3O. The molecule has 4 heteroatoms. The normalized spacial score (nSPS) is 12.3. The van der Waals surface area contributed by atoms with Gasteiger partial charge >= 0.3 is 0 Å². The van der Waals surface area contributed by atoms with E-state index in [1.165, 1.54) is 0 Å². The van der Waals surface area contributed by atoms with E-state index in [0.29, 0.717) is 6.42 Å². The van der Waals surface area contributed by atoms with Crippen molar-refractivity contribution in [2.45, 2.75) is 19.6 Å². The summed E-state index contributed by atoms with van der Waals surface area (Å²) in [6.07, 6.45) is -0.366. The molecule has 1 N–H and O–H groups in total. The summed E-state index contributed by atoms with van der Waals surface area (Å²) in [6.45, 7) is 1.74. The largest absolute Gasteiger partial charge is 0.387 e. The number of hydrogen-bond acceptors (Lipinski definition) is 2. The molecule has 0 radical (unpaired) electrons. The lowest BCUT2D eigenvalue weighted by Crippen LogP contribution is -1.95. The van der Waals surface area contributed by atoms with Gasteiger partial charge < -0.3 is 5.11 Å². The zero-order chi connectivity index (χ0) is 5.70. The zero-order valence-corrected chi connectivity index (χ0v) is 4.07. The third kappa shape index (κ3) is 3.09. The maximum absolute atomic E-state index is 8.44. The molecule has 1 atom stereocenters. The SMILES string of the molecule is CCC(O)N=[N+]=[N-]. The summed E-state index contributed by atoms with van der Waals surface area (Å²) in [4.78, 5) is 2.38. The minimum atomic E-state index is -0.843. The molecule has 0 aliphatic carbocycles. The van der Waals surface area contributed by atoms with Crippen LogP contribution in [0.4, 0.5) is 0 Å². The van der Waals surface area contributed by atoms with Gasteiger partial charge in [0.2, 0.25) is 0 Å². The Bertz CT molecular complexity index is 86.2. The maximum atomic E-state index is 8.44. The highest BCUT2D eigenvalue weighted by atomic mass is 16.3. The molecule has 0 saturated heterocycles. The number of azide groups is 1. The molecule has 0 aliphatic heterocycles. The molecule has 0 saturated carbocycles. The lowest BCUT2D eigenvalue weighted by Gasteiger charge is -1.91. The van der Waals surface area contributed by atoms with Gasteiger partial charge in [-0.3, -0.25) is 0 Å². The predicted octanol–water partition coefficient (Wildman–Crippen LogP) is 1.03. The van der Waals surface area contributed by atoms with Crippen LogP contribution in [0.5, 0.6) is 0 Å². The Hall–Kier alpha value is -0.730. The van der Waals surface area contributed by atoms with Gasteiger partial charge in [-0.1, -0.05) is 12.0 Å². The van der Waals surface area contributed by atoms with Gasteiger partial charge in [0.1, 0.15) is 6.23 Å². The topological polar surface area (TPSA) is 69.0 Å². The van der Waals surface area contributed by atoms with Crippen LogP contribution >= 0.6 is 0 Å². The van der Waals surface area contributed by atoms with E-state index in [9.17, 15) is 0 Å². The predicted molar refractivity (Wildman–Crippen MR) is 25.4 cm³/mol. The summed E-state index contributed by atoms with van der Waals surface area (Å²) in [7, 11) is 0. The highest BCUT2D eigenvalue weighted by Gasteiger charge is 1.89. The lowest BCUT2D eigenvalue weighted by atomic mass is 10.5. The molecular weight excluding hydrogens is 94.1 g/mol. The van der Waals surface area contributed by atoms with Crippen LogP contribution in [0, 0.1) is 0 Å². The van der Waals surface area contributed by atoms with Crippen LogP contribution < -0.4 is 0 Å². The zero-order valence-electron chi connectivity index (χ0n) is 4.07. The van der Waals surface area contributed by atoms with E-state index in [-0.39, 0.29) is 0 Å². The standard InChI is InChI=1S/C3H7N3O/c1-2-3(7)5-6-4/h3,7H,2H2,1H3. The van der Waals surface area contributed by atoms with E-state index in [4.69, 9.17) is 10.6 Å². The van der Waals surface area contributed by atoms with Gasteiger partial charge in [-0.15, -0.1) is 0 Å². The lowest BCUT2D eigenvalue weighted by molar-refractivity contribution is 0.178. The molecule has 0 fully saturated rings. The fraction of sp³-hybridized carbons (Fsp3) is 1.00. The number of aliphatic hydroxyl groups excluding tert-OH is 1. The summed E-state index contributed by atoms with van der Waals surface area (Å²) in [5, 5.41) is 11.4. The van der Waals surface area contributed by atoms with E-state index < -0.39 is 6.23 Å². The molecule has 0 spiro atoms. The number of nitrogens with zero attached hydrogens (tertiary/aromatic N) is 3. The highest BCUT2D eigenvalue weighted by molar-refractivity contribution is 4.47. The first-order valence-electron chi connectivity index (χ1n) is 2.03. The van der Waals surface area contributed by atoms with Crippen molar-refractivity contribution in [1.29, 1.82) is 0 Å². The average Bonchev–Trinajstić information content (AvgIpc) is 1.68. The van der Waals surface area contributed by atoms with Crippen molar-refractivity contribution in [1.82, 2.24) is 0 Å². The Kier molecular flexibility index (Phi) is 3.10. The molecule has 0 aliphatic rings. The van der Waals surface area contributed by atoms with E-state index in [0.717, 1.165) is 0 Å². The van der Waals surface area contributed by atoms with E-state index >= 15 is 0 Å². The van der Waals surface area contributed by atoms with E-state index in [1.807, 2.05) is 0 Å². The van der Waals surface area contributed by atoms with Gasteiger partial charge in [-0.05, 0) is 12.0 Å². The Morgan fingerprint density at radius 2 is 2.57 bits per heavy atom. The van der Waals surface area contributed by atoms with E-state index in [2.05, 4.69) is 10.0 Å².